The molecule has 27 heavy (non-hydrogen) atoms. The van der Waals surface area contributed by atoms with E-state index in [4.69, 9.17) is 9.72 Å². The first kappa shape index (κ1) is 19.3. The predicted octanol–water partition coefficient (Wildman–Crippen LogP) is 3.82. The molecule has 1 aliphatic rings. The molecule has 1 aromatic carbocycles. The van der Waals surface area contributed by atoms with Gasteiger partial charge in [0.2, 0.25) is 0 Å². The lowest BCUT2D eigenvalue weighted by atomic mass is 9.84. The van der Waals surface area contributed by atoms with Crippen LogP contribution in [0.5, 0.6) is 0 Å². The predicted molar refractivity (Wildman–Crippen MR) is 106 cm³/mol. The van der Waals surface area contributed by atoms with E-state index in [0.717, 1.165) is 47.8 Å². The molecule has 0 saturated heterocycles. The maximum absolute atomic E-state index is 12.9. The van der Waals surface area contributed by atoms with Crippen LogP contribution in [0.25, 0.3) is 10.9 Å². The third-order valence-electron chi connectivity index (χ3n) is 5.41. The molecule has 0 aliphatic heterocycles. The molecule has 1 atom stereocenters. The maximum atomic E-state index is 12.9. The fourth-order valence-electron chi connectivity index (χ4n) is 3.50. The van der Waals surface area contributed by atoms with Gasteiger partial charge >= 0.3 is 5.97 Å². The Kier molecular flexibility index (Phi) is 5.49. The quantitative estimate of drug-likeness (QED) is 0.815. The molecule has 0 bridgehead atoms. The molecule has 2 aromatic rings. The molecule has 3 rings (SSSR count). The highest BCUT2D eigenvalue weighted by atomic mass is 16.5. The number of nitrogens with one attached hydrogen (secondary N) is 1. The van der Waals surface area contributed by atoms with Crippen LogP contribution in [0.4, 0.5) is 0 Å². The number of benzene rings is 1. The Balaban J connectivity index is 1.88. The average Bonchev–Trinajstić information content (AvgIpc) is 2.64. The Morgan fingerprint density at radius 3 is 2.78 bits per heavy atom. The van der Waals surface area contributed by atoms with Gasteiger partial charge in [-0.05, 0) is 57.1 Å². The molecule has 0 radical (unpaired) electrons. The molecule has 5 nitrogen and oxygen atoms in total. The molecule has 144 valence electrons. The molecule has 1 amide bonds. The van der Waals surface area contributed by atoms with Crippen molar-refractivity contribution in [2.75, 3.05) is 6.61 Å². The third-order valence-corrected chi connectivity index (χ3v) is 5.41. The van der Waals surface area contributed by atoms with Gasteiger partial charge in [0.25, 0.3) is 5.91 Å². The van der Waals surface area contributed by atoms with Gasteiger partial charge in [-0.25, -0.2) is 4.79 Å². The highest BCUT2D eigenvalue weighted by Gasteiger charge is 2.27. The lowest BCUT2D eigenvalue weighted by molar-refractivity contribution is -0.125. The standard InChI is InChI=1S/C22H28N2O3/c1-5-22(3,4)24-19(25)13-27-21(26)20-15-8-6-7-9-17(15)23-18-11-10-14(2)12-16(18)20/h6-9,14H,5,10-13H2,1-4H3,(H,24,25)/t14-/m0/s1. The summed E-state index contributed by atoms with van der Waals surface area (Å²) in [6, 6.07) is 7.64. The Morgan fingerprint density at radius 1 is 1.30 bits per heavy atom. The van der Waals surface area contributed by atoms with Gasteiger partial charge in [0.05, 0.1) is 11.1 Å². The van der Waals surface area contributed by atoms with Gasteiger partial charge in [-0.15, -0.1) is 0 Å². The highest BCUT2D eigenvalue weighted by Crippen LogP contribution is 2.31. The van der Waals surface area contributed by atoms with Crippen LogP contribution in [0.1, 0.15) is 62.2 Å². The minimum Gasteiger partial charge on any atom is -0.452 e. The molecule has 0 saturated carbocycles. The second-order valence-electron chi connectivity index (χ2n) is 8.14. The van der Waals surface area contributed by atoms with Crippen LogP contribution in [0, 0.1) is 5.92 Å². The maximum Gasteiger partial charge on any atom is 0.339 e. The number of hydrogen-bond acceptors (Lipinski definition) is 4. The summed E-state index contributed by atoms with van der Waals surface area (Å²) in [5.74, 6) is -0.222. The van der Waals surface area contributed by atoms with Gasteiger partial charge in [0.15, 0.2) is 6.61 Å². The number of ether oxygens (including phenoxy) is 1. The van der Waals surface area contributed by atoms with Crippen LogP contribution >= 0.6 is 0 Å². The lowest BCUT2D eigenvalue weighted by Gasteiger charge is -2.25. The van der Waals surface area contributed by atoms with Crippen LogP contribution in [0.2, 0.25) is 0 Å². The molecule has 5 heteroatoms. The minimum absolute atomic E-state index is 0.275. The van der Waals surface area contributed by atoms with Crippen LogP contribution < -0.4 is 5.32 Å². The third kappa shape index (κ3) is 4.29. The molecule has 1 heterocycles. The number of aryl methyl sites for hydroxylation is 1. The Morgan fingerprint density at radius 2 is 2.04 bits per heavy atom. The smallest absolute Gasteiger partial charge is 0.339 e. The van der Waals surface area contributed by atoms with E-state index in [0.29, 0.717) is 11.5 Å². The molecule has 1 N–H and O–H groups in total. The van der Waals surface area contributed by atoms with Crippen molar-refractivity contribution in [2.45, 2.75) is 58.9 Å². The van der Waals surface area contributed by atoms with E-state index < -0.39 is 5.97 Å². The van der Waals surface area contributed by atoms with Crippen molar-refractivity contribution >= 4 is 22.8 Å². The number of hydrogen-bond donors (Lipinski definition) is 1. The zero-order valence-corrected chi connectivity index (χ0v) is 16.6. The van der Waals surface area contributed by atoms with E-state index in [1.807, 2.05) is 45.0 Å². The topological polar surface area (TPSA) is 68.3 Å². The molecule has 0 spiro atoms. The Hall–Kier alpha value is -2.43. The van der Waals surface area contributed by atoms with Crippen LogP contribution in [-0.2, 0) is 22.4 Å². The van der Waals surface area contributed by atoms with Crippen molar-refractivity contribution in [1.82, 2.24) is 10.3 Å². The first-order valence-electron chi connectivity index (χ1n) is 9.69. The number of carbonyl (C=O) groups excluding carboxylic acids is 2. The molecule has 0 fully saturated rings. The van der Waals surface area contributed by atoms with E-state index in [2.05, 4.69) is 12.2 Å². The van der Waals surface area contributed by atoms with Crippen molar-refractivity contribution in [2.24, 2.45) is 5.92 Å². The minimum atomic E-state index is -0.441. The SMILES string of the molecule is CCC(C)(C)NC(=O)COC(=O)c1c2c(nc3ccccc13)CC[C@H](C)C2. The summed E-state index contributed by atoms with van der Waals surface area (Å²) in [7, 11) is 0. The summed E-state index contributed by atoms with van der Waals surface area (Å²) in [4.78, 5) is 29.9. The zero-order valence-electron chi connectivity index (χ0n) is 16.6. The lowest BCUT2D eigenvalue weighted by Crippen LogP contribution is -2.44. The summed E-state index contributed by atoms with van der Waals surface area (Å²) in [6.07, 6.45) is 3.55. The first-order chi connectivity index (χ1) is 12.8. The van der Waals surface area contributed by atoms with E-state index in [1.165, 1.54) is 0 Å². The van der Waals surface area contributed by atoms with Gasteiger partial charge in [0.1, 0.15) is 0 Å². The van der Waals surface area contributed by atoms with Crippen molar-refractivity contribution < 1.29 is 14.3 Å². The second kappa shape index (κ2) is 7.67. The van der Waals surface area contributed by atoms with Gasteiger partial charge in [-0.2, -0.15) is 0 Å². The van der Waals surface area contributed by atoms with E-state index in [9.17, 15) is 9.59 Å². The van der Waals surface area contributed by atoms with Crippen molar-refractivity contribution in [3.63, 3.8) is 0 Å². The number of fused-ring (bicyclic) bond motifs is 2. The summed E-state index contributed by atoms with van der Waals surface area (Å²) in [5.41, 5.74) is 3.02. The fourth-order valence-corrected chi connectivity index (χ4v) is 3.50. The summed E-state index contributed by atoms with van der Waals surface area (Å²) in [5, 5.41) is 3.69. The number of carbonyl (C=O) groups is 2. The number of esters is 1. The largest absolute Gasteiger partial charge is 0.452 e. The number of para-hydroxylation sites is 1. The number of aromatic nitrogens is 1. The van der Waals surface area contributed by atoms with E-state index >= 15 is 0 Å². The second-order valence-corrected chi connectivity index (χ2v) is 8.14. The molecule has 1 aromatic heterocycles. The summed E-state index contributed by atoms with van der Waals surface area (Å²) < 4.78 is 5.41. The van der Waals surface area contributed by atoms with Crippen molar-refractivity contribution in [3.05, 3.63) is 41.1 Å². The first-order valence-corrected chi connectivity index (χ1v) is 9.69. The number of rotatable bonds is 5. The highest BCUT2D eigenvalue weighted by molar-refractivity contribution is 6.05. The van der Waals surface area contributed by atoms with Gasteiger partial charge in [-0.1, -0.05) is 32.0 Å². The van der Waals surface area contributed by atoms with Crippen LogP contribution in [0.15, 0.2) is 24.3 Å². The molecular weight excluding hydrogens is 340 g/mol. The normalized spacial score (nSPS) is 16.7. The van der Waals surface area contributed by atoms with Crippen molar-refractivity contribution in [1.29, 1.82) is 0 Å². The number of pyridine rings is 1. The van der Waals surface area contributed by atoms with E-state index in [1.54, 1.807) is 0 Å². The van der Waals surface area contributed by atoms with Crippen LogP contribution in [-0.4, -0.2) is 29.0 Å². The van der Waals surface area contributed by atoms with Crippen LogP contribution in [0.3, 0.4) is 0 Å². The fraction of sp³-hybridized carbons (Fsp3) is 0.500. The molecular formula is C22H28N2O3. The zero-order chi connectivity index (χ0) is 19.6. The molecule has 1 aliphatic carbocycles. The van der Waals surface area contributed by atoms with Crippen molar-refractivity contribution in [3.8, 4) is 0 Å². The van der Waals surface area contributed by atoms with Gasteiger partial charge in [-0.3, -0.25) is 9.78 Å². The Labute approximate surface area is 160 Å². The summed E-state index contributed by atoms with van der Waals surface area (Å²) >= 11 is 0. The molecule has 0 unspecified atom stereocenters. The number of nitrogens with zero attached hydrogens (tertiary/aromatic N) is 1. The van der Waals surface area contributed by atoms with Gasteiger partial charge in [0, 0.05) is 16.6 Å². The van der Waals surface area contributed by atoms with Gasteiger partial charge < -0.3 is 10.1 Å². The summed E-state index contributed by atoms with van der Waals surface area (Å²) in [6.45, 7) is 7.81. The monoisotopic (exact) mass is 368 g/mol. The Bertz CT molecular complexity index is 873. The average molecular weight is 368 g/mol. The van der Waals surface area contributed by atoms with E-state index in [-0.39, 0.29) is 18.1 Å². The number of amides is 1.